The highest BCUT2D eigenvalue weighted by atomic mass is 35.5. The zero-order chi connectivity index (χ0) is 46.3. The molecule has 6 aromatic carbocycles. The highest BCUT2D eigenvalue weighted by Gasteiger charge is 2.19. The van der Waals surface area contributed by atoms with Crippen LogP contribution in [0.5, 0.6) is 0 Å². The monoisotopic (exact) mass is 915 g/mol. The summed E-state index contributed by atoms with van der Waals surface area (Å²) in [5.74, 6) is 3.77. The predicted molar refractivity (Wildman–Crippen MR) is 266 cm³/mol. The topological polar surface area (TPSA) is 147 Å². The van der Waals surface area contributed by atoms with Crippen molar-refractivity contribution in [3.8, 4) is 18.4 Å². The van der Waals surface area contributed by atoms with Gasteiger partial charge in [0.2, 0.25) is 0 Å². The van der Waals surface area contributed by atoms with Crippen LogP contribution in [0.1, 0.15) is 95.9 Å². The lowest BCUT2D eigenvalue weighted by Gasteiger charge is -2.10. The summed E-state index contributed by atoms with van der Waals surface area (Å²) >= 11 is 11.8. The van der Waals surface area contributed by atoms with Crippen LogP contribution in [-0.4, -0.2) is 57.0 Å². The number of anilines is 3. The maximum absolute atomic E-state index is 12.2. The van der Waals surface area contributed by atoms with E-state index in [2.05, 4.69) is 74.2 Å². The van der Waals surface area contributed by atoms with Crippen molar-refractivity contribution in [3.05, 3.63) is 194 Å². The molecule has 3 aliphatic rings. The van der Waals surface area contributed by atoms with Gasteiger partial charge in [-0.2, -0.15) is 5.26 Å². The van der Waals surface area contributed by atoms with Gasteiger partial charge in [-0.15, -0.1) is 6.42 Å². The van der Waals surface area contributed by atoms with E-state index in [0.29, 0.717) is 50.1 Å². The van der Waals surface area contributed by atoms with Crippen LogP contribution in [0.2, 0.25) is 10.0 Å². The highest BCUT2D eigenvalue weighted by molar-refractivity contribution is 6.42. The third-order valence-corrected chi connectivity index (χ3v) is 12.6. The molecule has 0 aromatic heterocycles. The minimum Gasteiger partial charge on any atom is -0.322 e. The van der Waals surface area contributed by atoms with Gasteiger partial charge in [-0.3, -0.25) is 14.4 Å². The molecule has 0 bridgehead atoms. The number of carbonyl (C=O) groups excluding carboxylic acids is 3. The summed E-state index contributed by atoms with van der Waals surface area (Å²) in [4.78, 5) is 36.5. The Morgan fingerprint density at radius 2 is 0.833 bits per heavy atom. The molecule has 3 unspecified atom stereocenters. The molecule has 3 aliphatic heterocycles. The van der Waals surface area contributed by atoms with E-state index in [1.807, 2.05) is 42.5 Å². The van der Waals surface area contributed by atoms with Crippen molar-refractivity contribution in [2.75, 3.05) is 55.2 Å². The average Bonchev–Trinajstić information content (AvgIpc) is 4.20. The Hall–Kier alpha value is -6.76. The number of hydrogen-bond donors (Lipinski definition) is 6. The Labute approximate surface area is 396 Å². The Morgan fingerprint density at radius 1 is 0.485 bits per heavy atom. The fourth-order valence-corrected chi connectivity index (χ4v) is 8.29. The van der Waals surface area contributed by atoms with Crippen LogP contribution in [0.25, 0.3) is 0 Å². The summed E-state index contributed by atoms with van der Waals surface area (Å²) in [6.45, 7) is 6.30. The van der Waals surface area contributed by atoms with Gasteiger partial charge >= 0.3 is 0 Å². The largest absolute Gasteiger partial charge is 0.322 e. The lowest BCUT2D eigenvalue weighted by Crippen LogP contribution is -2.12. The molecule has 3 amide bonds. The molecular formula is C54H51Cl2N7O3. The molecule has 3 heterocycles. The second-order valence-corrected chi connectivity index (χ2v) is 17.2. The Morgan fingerprint density at radius 3 is 1.15 bits per heavy atom. The molecule has 12 heteroatoms. The standard InChI is InChI=1S/C19H18N2O.C18H17N3O.C17H16Cl2N2O/c1-2-14-3-5-16(6-4-14)19(22)21-18-9-7-15(8-10-18)17-11-12-20-13-17;19-11-13-1-3-15(4-2-13)18(22)21-17-7-5-14(6-8-17)16-9-10-20-12-16;18-15-6-3-12(9-16(15)19)17(22)21-14-4-1-11(2-5-14)13-7-8-20-10-13/h1,3-10,17,20H,11-13H2,(H,21,22);1-8,16,20H,9-10,12H2,(H,21,22);1-6,9,13,20H,7-8,10H2,(H,21,22). The van der Waals surface area contributed by atoms with E-state index < -0.39 is 0 Å². The smallest absolute Gasteiger partial charge is 0.255 e. The quantitative estimate of drug-likeness (QED) is 0.0792. The predicted octanol–water partition coefficient (Wildman–Crippen LogP) is 10.2. The summed E-state index contributed by atoms with van der Waals surface area (Å²) < 4.78 is 0. The highest BCUT2D eigenvalue weighted by Crippen LogP contribution is 2.27. The van der Waals surface area contributed by atoms with Crippen LogP contribution in [0.3, 0.4) is 0 Å². The summed E-state index contributed by atoms with van der Waals surface area (Å²) in [5, 5.41) is 28.3. The van der Waals surface area contributed by atoms with Crippen molar-refractivity contribution in [1.29, 1.82) is 5.26 Å². The van der Waals surface area contributed by atoms with E-state index in [1.54, 1.807) is 66.7 Å². The number of benzene rings is 6. The number of amides is 3. The molecule has 6 N–H and O–H groups in total. The van der Waals surface area contributed by atoms with Crippen molar-refractivity contribution in [2.24, 2.45) is 0 Å². The minimum atomic E-state index is -0.200. The first-order valence-corrected chi connectivity index (χ1v) is 22.8. The van der Waals surface area contributed by atoms with Gasteiger partial charge in [0.25, 0.3) is 17.7 Å². The third-order valence-electron chi connectivity index (χ3n) is 11.9. The van der Waals surface area contributed by atoms with Crippen LogP contribution in [-0.2, 0) is 0 Å². The summed E-state index contributed by atoms with van der Waals surface area (Å²) in [6.07, 6.45) is 8.81. The van der Waals surface area contributed by atoms with E-state index in [-0.39, 0.29) is 17.7 Å². The minimum absolute atomic E-state index is 0.126. The number of nitrogens with one attached hydrogen (secondary N) is 6. The van der Waals surface area contributed by atoms with Gasteiger partial charge in [-0.1, -0.05) is 65.5 Å². The average molecular weight is 917 g/mol. The molecular weight excluding hydrogens is 866 g/mol. The lowest BCUT2D eigenvalue weighted by atomic mass is 9.98. The van der Waals surface area contributed by atoms with Crippen LogP contribution >= 0.6 is 23.2 Å². The van der Waals surface area contributed by atoms with E-state index in [9.17, 15) is 14.4 Å². The van der Waals surface area contributed by atoms with Crippen molar-refractivity contribution in [3.63, 3.8) is 0 Å². The van der Waals surface area contributed by atoms with E-state index in [1.165, 1.54) is 23.1 Å². The van der Waals surface area contributed by atoms with Crippen molar-refractivity contribution in [1.82, 2.24) is 16.0 Å². The first-order chi connectivity index (χ1) is 32.1. The van der Waals surface area contributed by atoms with Crippen LogP contribution in [0.15, 0.2) is 140 Å². The van der Waals surface area contributed by atoms with Crippen molar-refractivity contribution < 1.29 is 14.4 Å². The number of nitriles is 1. The van der Waals surface area contributed by atoms with E-state index in [4.69, 9.17) is 34.9 Å². The van der Waals surface area contributed by atoms with Crippen LogP contribution < -0.4 is 31.9 Å². The maximum atomic E-state index is 12.2. The molecule has 66 heavy (non-hydrogen) atoms. The molecule has 0 radical (unpaired) electrons. The Kier molecular flexibility index (Phi) is 16.8. The van der Waals surface area contributed by atoms with Crippen molar-refractivity contribution >= 4 is 58.0 Å². The summed E-state index contributed by atoms with van der Waals surface area (Å²) in [7, 11) is 0. The third kappa shape index (κ3) is 13.2. The lowest BCUT2D eigenvalue weighted by molar-refractivity contribution is 0.101. The molecule has 9 rings (SSSR count). The number of carbonyl (C=O) groups is 3. The molecule has 0 saturated carbocycles. The molecule has 3 fully saturated rings. The van der Waals surface area contributed by atoms with Gasteiger partial charge in [0.1, 0.15) is 0 Å². The normalized spacial score (nSPS) is 17.1. The van der Waals surface area contributed by atoms with Gasteiger partial charge in [-0.25, -0.2) is 0 Å². The summed E-state index contributed by atoms with van der Waals surface area (Å²) in [6, 6.07) is 44.6. The summed E-state index contributed by atoms with van der Waals surface area (Å²) in [5.41, 5.74) is 9.23. The molecule has 334 valence electrons. The fraction of sp³-hybridized carbons (Fsp3) is 0.222. The second kappa shape index (κ2) is 23.4. The zero-order valence-corrected chi connectivity index (χ0v) is 37.9. The zero-order valence-electron chi connectivity index (χ0n) is 36.4. The van der Waals surface area contributed by atoms with E-state index >= 15 is 0 Å². The SMILES string of the molecule is C#Cc1ccc(C(=O)Nc2ccc(C3CCNC3)cc2)cc1.N#Cc1ccc(C(=O)Nc2ccc(C3CCNC3)cc2)cc1.O=C(Nc1ccc(C2CCNC2)cc1)c1ccc(Cl)c(Cl)c1. The first kappa shape index (κ1) is 47.2. The number of terminal acetylenes is 1. The number of rotatable bonds is 9. The first-order valence-electron chi connectivity index (χ1n) is 22.0. The molecule has 6 aromatic rings. The number of halogens is 2. The molecule has 0 aliphatic carbocycles. The van der Waals surface area contributed by atoms with Gasteiger partial charge < -0.3 is 31.9 Å². The van der Waals surface area contributed by atoms with Gasteiger partial charge in [0.15, 0.2) is 0 Å². The van der Waals surface area contributed by atoms with Gasteiger partial charge in [-0.05, 0) is 176 Å². The van der Waals surface area contributed by atoms with Crippen LogP contribution in [0.4, 0.5) is 17.1 Å². The number of hydrogen-bond acceptors (Lipinski definition) is 7. The molecule has 0 spiro atoms. The van der Waals surface area contributed by atoms with Gasteiger partial charge in [0.05, 0.1) is 21.7 Å². The molecule has 10 nitrogen and oxygen atoms in total. The van der Waals surface area contributed by atoms with Crippen molar-refractivity contribution in [2.45, 2.75) is 37.0 Å². The molecule has 3 atom stereocenters. The van der Waals surface area contributed by atoms with Crippen LogP contribution in [0, 0.1) is 23.7 Å². The Balaban J connectivity index is 0.000000147. The molecule has 3 saturated heterocycles. The van der Waals surface area contributed by atoms with Gasteiger partial charge in [0, 0.05) is 59.0 Å². The number of nitrogens with zero attached hydrogens (tertiary/aromatic N) is 1. The van der Waals surface area contributed by atoms with E-state index in [0.717, 1.165) is 74.7 Å². The fourth-order valence-electron chi connectivity index (χ4n) is 7.99. The second-order valence-electron chi connectivity index (χ2n) is 16.3. The Bertz CT molecular complexity index is 2530. The maximum Gasteiger partial charge on any atom is 0.255 e.